The Morgan fingerprint density at radius 3 is 2.71 bits per heavy atom. The highest BCUT2D eigenvalue weighted by Crippen LogP contribution is 2.18. The molecular weight excluding hydrogens is 210 g/mol. The molecule has 1 unspecified atom stereocenters. The van der Waals surface area contributed by atoms with Crippen LogP contribution in [-0.2, 0) is 0 Å². The molecule has 0 radical (unpaired) electrons. The lowest BCUT2D eigenvalue weighted by atomic mass is 9.93. The van der Waals surface area contributed by atoms with Crippen LogP contribution in [0, 0.1) is 12.8 Å². The molecule has 2 nitrogen and oxygen atoms in total. The maximum absolute atomic E-state index is 12.1. The molecule has 0 saturated carbocycles. The third-order valence-electron chi connectivity index (χ3n) is 3.19. The molecular formula is C15H23NO. The second-order valence-electron chi connectivity index (χ2n) is 4.71. The fourth-order valence-electron chi connectivity index (χ4n) is 2.01. The number of hydrogen-bond donors (Lipinski definition) is 0. The van der Waals surface area contributed by atoms with Crippen molar-refractivity contribution in [2.75, 3.05) is 0 Å². The van der Waals surface area contributed by atoms with Crippen LogP contribution in [0.5, 0.6) is 0 Å². The van der Waals surface area contributed by atoms with E-state index in [1.807, 2.05) is 25.1 Å². The topological polar surface area (TPSA) is 30.0 Å². The predicted molar refractivity (Wildman–Crippen MR) is 71.2 cm³/mol. The predicted octanol–water partition coefficient (Wildman–Crippen LogP) is 4.18. The molecule has 1 heterocycles. The Labute approximate surface area is 104 Å². The van der Waals surface area contributed by atoms with Gasteiger partial charge >= 0.3 is 0 Å². The van der Waals surface area contributed by atoms with Crippen LogP contribution >= 0.6 is 0 Å². The lowest BCUT2D eigenvalue weighted by Gasteiger charge is -2.13. The normalized spacial score (nSPS) is 12.4. The van der Waals surface area contributed by atoms with E-state index in [1.165, 1.54) is 12.8 Å². The Kier molecular flexibility index (Phi) is 5.88. The number of rotatable bonds is 7. The van der Waals surface area contributed by atoms with Crippen LogP contribution in [0.2, 0.25) is 0 Å². The number of ketones is 1. The molecule has 0 aliphatic heterocycles. The van der Waals surface area contributed by atoms with Crippen LogP contribution in [0.1, 0.15) is 62.1 Å². The van der Waals surface area contributed by atoms with E-state index in [0.717, 1.165) is 18.5 Å². The monoisotopic (exact) mass is 233 g/mol. The average molecular weight is 233 g/mol. The van der Waals surface area contributed by atoms with Crippen LogP contribution in [0.4, 0.5) is 0 Å². The summed E-state index contributed by atoms with van der Waals surface area (Å²) in [4.78, 5) is 16.4. The first-order valence-electron chi connectivity index (χ1n) is 6.64. The van der Waals surface area contributed by atoms with Crippen molar-refractivity contribution in [3.05, 3.63) is 29.6 Å². The maximum Gasteiger partial charge on any atom is 0.181 e. The summed E-state index contributed by atoms with van der Waals surface area (Å²) in [6.45, 7) is 6.28. The Morgan fingerprint density at radius 2 is 2.12 bits per heavy atom. The van der Waals surface area contributed by atoms with Gasteiger partial charge in [0.2, 0.25) is 0 Å². The first-order valence-corrected chi connectivity index (χ1v) is 6.64. The molecule has 0 spiro atoms. The van der Waals surface area contributed by atoms with Crippen LogP contribution in [0.15, 0.2) is 18.2 Å². The molecule has 0 fully saturated rings. The quantitative estimate of drug-likeness (QED) is 0.661. The number of aromatic nitrogens is 1. The van der Waals surface area contributed by atoms with Gasteiger partial charge in [0.05, 0.1) is 0 Å². The van der Waals surface area contributed by atoms with Crippen molar-refractivity contribution >= 4 is 5.78 Å². The first-order chi connectivity index (χ1) is 8.17. The Morgan fingerprint density at radius 1 is 1.35 bits per heavy atom. The van der Waals surface area contributed by atoms with Crippen LogP contribution in [-0.4, -0.2) is 10.8 Å². The van der Waals surface area contributed by atoms with E-state index in [9.17, 15) is 4.79 Å². The Hall–Kier alpha value is -1.18. The Balaban J connectivity index is 2.58. The minimum absolute atomic E-state index is 0.191. The lowest BCUT2D eigenvalue weighted by molar-refractivity contribution is 0.0952. The van der Waals surface area contributed by atoms with E-state index in [1.54, 1.807) is 0 Å². The van der Waals surface area contributed by atoms with E-state index in [2.05, 4.69) is 18.8 Å². The molecule has 94 valence electrons. The Bertz CT molecular complexity index is 360. The molecule has 2 heteroatoms. The van der Waals surface area contributed by atoms with Gasteiger partial charge in [0.25, 0.3) is 0 Å². The van der Waals surface area contributed by atoms with Crippen molar-refractivity contribution < 1.29 is 4.79 Å². The van der Waals surface area contributed by atoms with Crippen molar-refractivity contribution in [2.45, 2.75) is 52.9 Å². The number of nitrogens with zero attached hydrogens (tertiary/aromatic N) is 1. The zero-order chi connectivity index (χ0) is 12.7. The van der Waals surface area contributed by atoms with Crippen molar-refractivity contribution in [1.29, 1.82) is 0 Å². The zero-order valence-electron chi connectivity index (χ0n) is 11.2. The fourth-order valence-corrected chi connectivity index (χ4v) is 2.01. The van der Waals surface area contributed by atoms with Gasteiger partial charge in [-0.1, -0.05) is 45.6 Å². The zero-order valence-corrected chi connectivity index (χ0v) is 11.2. The highest BCUT2D eigenvalue weighted by molar-refractivity contribution is 5.94. The average Bonchev–Trinajstić information content (AvgIpc) is 2.34. The minimum atomic E-state index is 0.191. The summed E-state index contributed by atoms with van der Waals surface area (Å²) < 4.78 is 0. The number of unbranched alkanes of at least 4 members (excludes halogenated alkanes) is 1. The van der Waals surface area contributed by atoms with Crippen molar-refractivity contribution in [3.8, 4) is 0 Å². The van der Waals surface area contributed by atoms with E-state index in [4.69, 9.17) is 0 Å². The third kappa shape index (κ3) is 4.68. The molecule has 0 N–H and O–H groups in total. The number of carbonyl (C=O) groups is 1. The van der Waals surface area contributed by atoms with E-state index in [-0.39, 0.29) is 5.78 Å². The highest BCUT2D eigenvalue weighted by Gasteiger charge is 2.14. The second-order valence-corrected chi connectivity index (χ2v) is 4.71. The molecule has 0 aromatic carbocycles. The molecule has 17 heavy (non-hydrogen) atoms. The highest BCUT2D eigenvalue weighted by atomic mass is 16.1. The van der Waals surface area contributed by atoms with Crippen molar-refractivity contribution in [1.82, 2.24) is 4.98 Å². The van der Waals surface area contributed by atoms with E-state index < -0.39 is 0 Å². The molecule has 0 aliphatic carbocycles. The van der Waals surface area contributed by atoms with Gasteiger partial charge in [0, 0.05) is 12.1 Å². The standard InChI is InChI=1S/C15H23NO/c1-4-6-9-13(5-2)11-15(17)14-10-7-8-12(3)16-14/h7-8,10,13H,4-6,9,11H2,1-3H3. The van der Waals surface area contributed by atoms with Crippen LogP contribution in [0.25, 0.3) is 0 Å². The van der Waals surface area contributed by atoms with Crippen LogP contribution < -0.4 is 0 Å². The van der Waals surface area contributed by atoms with Gasteiger partial charge in [-0.15, -0.1) is 0 Å². The summed E-state index contributed by atoms with van der Waals surface area (Å²) in [6.07, 6.45) is 5.30. The molecule has 1 atom stereocenters. The first kappa shape index (κ1) is 13.9. The number of aryl methyl sites for hydroxylation is 1. The van der Waals surface area contributed by atoms with Gasteiger partial charge in [-0.25, -0.2) is 0 Å². The molecule has 1 aromatic rings. The van der Waals surface area contributed by atoms with Gasteiger partial charge < -0.3 is 0 Å². The smallest absolute Gasteiger partial charge is 0.181 e. The van der Waals surface area contributed by atoms with Crippen LogP contribution in [0.3, 0.4) is 0 Å². The fraction of sp³-hybridized carbons (Fsp3) is 0.600. The maximum atomic E-state index is 12.1. The molecule has 0 amide bonds. The molecule has 0 bridgehead atoms. The summed E-state index contributed by atoms with van der Waals surface area (Å²) in [6, 6.07) is 5.65. The van der Waals surface area contributed by atoms with Gasteiger partial charge in [-0.3, -0.25) is 9.78 Å². The molecule has 1 rings (SSSR count). The van der Waals surface area contributed by atoms with Gasteiger partial charge in [0.15, 0.2) is 5.78 Å². The second kappa shape index (κ2) is 7.21. The van der Waals surface area contributed by atoms with E-state index in [0.29, 0.717) is 18.0 Å². The number of pyridine rings is 1. The minimum Gasteiger partial charge on any atom is -0.292 e. The van der Waals surface area contributed by atoms with Gasteiger partial charge in [0.1, 0.15) is 5.69 Å². The summed E-state index contributed by atoms with van der Waals surface area (Å²) in [7, 11) is 0. The summed E-state index contributed by atoms with van der Waals surface area (Å²) in [5.41, 5.74) is 1.54. The number of hydrogen-bond acceptors (Lipinski definition) is 2. The number of Topliss-reactive ketones (excluding diaryl/α,β-unsaturated/α-hetero) is 1. The lowest BCUT2D eigenvalue weighted by Crippen LogP contribution is -2.10. The van der Waals surface area contributed by atoms with Crippen molar-refractivity contribution in [3.63, 3.8) is 0 Å². The summed E-state index contributed by atoms with van der Waals surface area (Å²) >= 11 is 0. The van der Waals surface area contributed by atoms with Crippen molar-refractivity contribution in [2.24, 2.45) is 5.92 Å². The summed E-state index contributed by atoms with van der Waals surface area (Å²) in [5.74, 6) is 0.710. The van der Waals surface area contributed by atoms with Gasteiger partial charge in [-0.05, 0) is 25.0 Å². The molecule has 0 saturated heterocycles. The SMILES string of the molecule is CCCCC(CC)CC(=O)c1cccc(C)n1. The third-order valence-corrected chi connectivity index (χ3v) is 3.19. The molecule has 0 aliphatic rings. The van der Waals surface area contributed by atoms with Gasteiger partial charge in [-0.2, -0.15) is 0 Å². The van der Waals surface area contributed by atoms with E-state index >= 15 is 0 Å². The molecule has 1 aromatic heterocycles. The largest absolute Gasteiger partial charge is 0.292 e. The summed E-state index contributed by atoms with van der Waals surface area (Å²) in [5, 5.41) is 0. The number of carbonyl (C=O) groups excluding carboxylic acids is 1.